The Morgan fingerprint density at radius 3 is 2.04 bits per heavy atom. The van der Waals surface area contributed by atoms with E-state index in [4.69, 9.17) is 11.6 Å². The van der Waals surface area contributed by atoms with Crippen molar-refractivity contribution < 1.29 is 23.9 Å². The SMILES string of the molecule is COC(=O)/C=C(/Nc1ccc(NC(=O)c2ccccc2Cl)cc1)C(=O)OC. The number of methoxy groups -OCH3 is 2. The topological polar surface area (TPSA) is 93.7 Å². The van der Waals surface area contributed by atoms with E-state index in [1.807, 2.05) is 0 Å². The van der Waals surface area contributed by atoms with Crippen LogP contribution in [0.4, 0.5) is 11.4 Å². The normalized spacial score (nSPS) is 10.7. The first-order chi connectivity index (χ1) is 12.9. The molecule has 0 fully saturated rings. The highest BCUT2D eigenvalue weighted by atomic mass is 35.5. The van der Waals surface area contributed by atoms with Gasteiger partial charge in [-0.25, -0.2) is 9.59 Å². The Labute approximate surface area is 160 Å². The maximum atomic E-state index is 12.2. The molecule has 27 heavy (non-hydrogen) atoms. The highest BCUT2D eigenvalue weighted by Crippen LogP contribution is 2.19. The molecule has 0 saturated heterocycles. The minimum Gasteiger partial charge on any atom is -0.466 e. The molecule has 0 aliphatic rings. The molecule has 0 unspecified atom stereocenters. The number of amides is 1. The Kier molecular flexibility index (Phi) is 6.96. The summed E-state index contributed by atoms with van der Waals surface area (Å²) in [6.07, 6.45) is 0.985. The van der Waals surface area contributed by atoms with Gasteiger partial charge in [-0.05, 0) is 36.4 Å². The van der Waals surface area contributed by atoms with Gasteiger partial charge in [-0.15, -0.1) is 0 Å². The zero-order valence-corrected chi connectivity index (χ0v) is 15.4. The summed E-state index contributed by atoms with van der Waals surface area (Å²) in [6.45, 7) is 0. The van der Waals surface area contributed by atoms with Crippen LogP contribution in [0.3, 0.4) is 0 Å². The Morgan fingerprint density at radius 1 is 0.889 bits per heavy atom. The third kappa shape index (κ3) is 5.58. The summed E-state index contributed by atoms with van der Waals surface area (Å²) in [5.41, 5.74) is 1.31. The lowest BCUT2D eigenvalue weighted by molar-refractivity contribution is -0.138. The molecule has 7 nitrogen and oxygen atoms in total. The molecule has 2 aromatic carbocycles. The zero-order valence-electron chi connectivity index (χ0n) is 14.6. The highest BCUT2D eigenvalue weighted by Gasteiger charge is 2.13. The summed E-state index contributed by atoms with van der Waals surface area (Å²) in [5, 5.41) is 5.84. The fourth-order valence-electron chi connectivity index (χ4n) is 2.07. The molecule has 2 rings (SSSR count). The predicted octanol–water partition coefficient (Wildman–Crippen LogP) is 3.23. The highest BCUT2D eigenvalue weighted by molar-refractivity contribution is 6.34. The van der Waals surface area contributed by atoms with Gasteiger partial charge in [0, 0.05) is 11.4 Å². The molecule has 140 valence electrons. The Morgan fingerprint density at radius 2 is 1.48 bits per heavy atom. The second-order valence-electron chi connectivity index (χ2n) is 5.21. The number of anilines is 2. The molecule has 2 aromatic rings. The first-order valence-electron chi connectivity index (χ1n) is 7.75. The summed E-state index contributed by atoms with van der Waals surface area (Å²) in [5.74, 6) is -1.77. The lowest BCUT2D eigenvalue weighted by Gasteiger charge is -2.11. The van der Waals surface area contributed by atoms with Crippen LogP contribution < -0.4 is 10.6 Å². The Hall–Kier alpha value is -3.32. The van der Waals surface area contributed by atoms with E-state index in [-0.39, 0.29) is 11.6 Å². The largest absolute Gasteiger partial charge is 0.466 e. The minimum atomic E-state index is -0.725. The molecule has 0 radical (unpaired) electrons. The van der Waals surface area contributed by atoms with Crippen LogP contribution in [0.1, 0.15) is 10.4 Å². The molecule has 0 bridgehead atoms. The summed E-state index contributed by atoms with van der Waals surface area (Å²) in [4.78, 5) is 35.4. The van der Waals surface area contributed by atoms with E-state index in [2.05, 4.69) is 20.1 Å². The third-order valence-electron chi connectivity index (χ3n) is 3.41. The lowest BCUT2D eigenvalue weighted by Crippen LogP contribution is -2.15. The van der Waals surface area contributed by atoms with Crippen LogP contribution in [0.2, 0.25) is 5.02 Å². The number of hydrogen-bond acceptors (Lipinski definition) is 6. The van der Waals surface area contributed by atoms with E-state index >= 15 is 0 Å². The van der Waals surface area contributed by atoms with Crippen LogP contribution in [0.5, 0.6) is 0 Å². The molecule has 0 saturated carbocycles. The molecule has 0 spiro atoms. The molecule has 1 amide bonds. The maximum Gasteiger partial charge on any atom is 0.354 e. The van der Waals surface area contributed by atoms with Crippen molar-refractivity contribution in [3.8, 4) is 0 Å². The van der Waals surface area contributed by atoms with Crippen molar-refractivity contribution in [2.75, 3.05) is 24.9 Å². The smallest absolute Gasteiger partial charge is 0.354 e. The predicted molar refractivity (Wildman–Crippen MR) is 102 cm³/mol. The van der Waals surface area contributed by atoms with Crippen LogP contribution in [0.25, 0.3) is 0 Å². The summed E-state index contributed by atoms with van der Waals surface area (Å²) < 4.78 is 9.13. The summed E-state index contributed by atoms with van der Waals surface area (Å²) in [7, 11) is 2.40. The van der Waals surface area contributed by atoms with Crippen LogP contribution in [-0.2, 0) is 19.1 Å². The number of benzene rings is 2. The minimum absolute atomic E-state index is 0.0859. The van der Waals surface area contributed by atoms with Crippen molar-refractivity contribution in [2.24, 2.45) is 0 Å². The molecular weight excluding hydrogens is 372 g/mol. The number of esters is 2. The second kappa shape index (κ2) is 9.40. The van der Waals surface area contributed by atoms with E-state index in [1.54, 1.807) is 48.5 Å². The van der Waals surface area contributed by atoms with E-state index < -0.39 is 11.9 Å². The average Bonchev–Trinajstić information content (AvgIpc) is 2.68. The van der Waals surface area contributed by atoms with Gasteiger partial charge in [-0.2, -0.15) is 0 Å². The fraction of sp³-hybridized carbons (Fsp3) is 0.105. The van der Waals surface area contributed by atoms with Gasteiger partial charge < -0.3 is 20.1 Å². The second-order valence-corrected chi connectivity index (χ2v) is 5.62. The number of carbonyl (C=O) groups excluding carboxylic acids is 3. The number of carbonyl (C=O) groups is 3. The van der Waals surface area contributed by atoms with Crippen LogP contribution >= 0.6 is 11.6 Å². The Bertz CT molecular complexity index is 878. The first kappa shape index (κ1) is 20.0. The van der Waals surface area contributed by atoms with Crippen molar-refractivity contribution in [3.05, 3.63) is 70.9 Å². The van der Waals surface area contributed by atoms with E-state index in [0.717, 1.165) is 6.08 Å². The standard InChI is InChI=1S/C19H17ClN2O5/c1-26-17(23)11-16(19(25)27-2)21-12-7-9-13(10-8-12)22-18(24)14-5-3-4-6-15(14)20/h3-11,21H,1-2H3,(H,22,24)/b16-11+. The van der Waals surface area contributed by atoms with Gasteiger partial charge >= 0.3 is 11.9 Å². The van der Waals surface area contributed by atoms with Gasteiger partial charge in [0.25, 0.3) is 5.91 Å². The van der Waals surface area contributed by atoms with Gasteiger partial charge in [0.05, 0.1) is 30.9 Å². The zero-order chi connectivity index (χ0) is 19.8. The van der Waals surface area contributed by atoms with Crippen molar-refractivity contribution in [2.45, 2.75) is 0 Å². The molecule has 0 heterocycles. The molecule has 8 heteroatoms. The third-order valence-corrected chi connectivity index (χ3v) is 3.74. The fourth-order valence-corrected chi connectivity index (χ4v) is 2.29. The first-order valence-corrected chi connectivity index (χ1v) is 8.13. The molecule has 0 atom stereocenters. The van der Waals surface area contributed by atoms with Gasteiger partial charge in [0.15, 0.2) is 0 Å². The van der Waals surface area contributed by atoms with E-state index in [0.29, 0.717) is 22.0 Å². The molecular formula is C19H17ClN2O5. The number of halogens is 1. The van der Waals surface area contributed by atoms with Crippen LogP contribution in [0.15, 0.2) is 60.3 Å². The van der Waals surface area contributed by atoms with Gasteiger partial charge in [0.1, 0.15) is 5.70 Å². The molecule has 0 aliphatic heterocycles. The lowest BCUT2D eigenvalue weighted by atomic mass is 10.2. The molecule has 0 aliphatic carbocycles. The average molecular weight is 389 g/mol. The van der Waals surface area contributed by atoms with Gasteiger partial charge in [0.2, 0.25) is 0 Å². The van der Waals surface area contributed by atoms with Crippen LogP contribution in [0, 0.1) is 0 Å². The van der Waals surface area contributed by atoms with Crippen molar-refractivity contribution >= 4 is 40.8 Å². The molecule has 2 N–H and O–H groups in total. The summed E-state index contributed by atoms with van der Waals surface area (Å²) >= 11 is 6.01. The number of hydrogen-bond donors (Lipinski definition) is 2. The Balaban J connectivity index is 2.11. The number of nitrogens with one attached hydrogen (secondary N) is 2. The number of rotatable bonds is 6. The van der Waals surface area contributed by atoms with Crippen molar-refractivity contribution in [3.63, 3.8) is 0 Å². The monoisotopic (exact) mass is 388 g/mol. The van der Waals surface area contributed by atoms with Crippen molar-refractivity contribution in [1.82, 2.24) is 0 Å². The van der Waals surface area contributed by atoms with Gasteiger partial charge in [-0.1, -0.05) is 23.7 Å². The maximum absolute atomic E-state index is 12.2. The summed E-state index contributed by atoms with van der Waals surface area (Å²) in [6, 6.07) is 13.2. The van der Waals surface area contributed by atoms with Crippen molar-refractivity contribution in [1.29, 1.82) is 0 Å². The molecule has 0 aromatic heterocycles. The van der Waals surface area contributed by atoms with E-state index in [1.165, 1.54) is 14.2 Å². The van der Waals surface area contributed by atoms with E-state index in [9.17, 15) is 14.4 Å². The number of ether oxygens (including phenoxy) is 2. The quantitative estimate of drug-likeness (QED) is 0.583. The van der Waals surface area contributed by atoms with Crippen LogP contribution in [-0.4, -0.2) is 32.1 Å². The van der Waals surface area contributed by atoms with Gasteiger partial charge in [-0.3, -0.25) is 4.79 Å².